The van der Waals surface area contributed by atoms with Crippen LogP contribution in [0, 0.1) is 40.4 Å². The molecule has 39 heavy (non-hydrogen) atoms. The quantitative estimate of drug-likeness (QED) is 0.389. The second kappa shape index (κ2) is 10.5. The lowest BCUT2D eigenvalue weighted by atomic mass is 9.47. The van der Waals surface area contributed by atoms with E-state index in [0.29, 0.717) is 23.3 Å². The molecule has 0 spiro atoms. The van der Waals surface area contributed by atoms with Crippen molar-refractivity contribution in [3.05, 3.63) is 11.6 Å². The van der Waals surface area contributed by atoms with Crippen LogP contribution in [0.5, 0.6) is 0 Å². The van der Waals surface area contributed by atoms with Crippen LogP contribution in [0.25, 0.3) is 0 Å². The first-order valence-electron chi connectivity index (χ1n) is 15.8. The lowest BCUT2D eigenvalue weighted by Gasteiger charge is -2.58. The van der Waals surface area contributed by atoms with Crippen LogP contribution in [0.3, 0.4) is 0 Å². The molecule has 0 radical (unpaired) electrons. The van der Waals surface area contributed by atoms with Crippen molar-refractivity contribution in [2.24, 2.45) is 45.4 Å². The Hall–Kier alpha value is -0.830. The summed E-state index contributed by atoms with van der Waals surface area (Å²) in [5.74, 6) is 3.72. The van der Waals surface area contributed by atoms with Crippen molar-refractivity contribution < 1.29 is 29.9 Å². The van der Waals surface area contributed by atoms with Gasteiger partial charge in [0, 0.05) is 5.71 Å². The summed E-state index contributed by atoms with van der Waals surface area (Å²) >= 11 is 0. The smallest absolute Gasteiger partial charge is 0.186 e. The molecule has 7 heteroatoms. The first-order valence-corrected chi connectivity index (χ1v) is 15.8. The molecule has 4 N–H and O–H groups in total. The largest absolute Gasteiger partial charge is 0.394 e. The van der Waals surface area contributed by atoms with Crippen molar-refractivity contribution in [2.45, 2.75) is 135 Å². The summed E-state index contributed by atoms with van der Waals surface area (Å²) in [5.41, 5.74) is 3.46. The van der Waals surface area contributed by atoms with Crippen molar-refractivity contribution in [3.63, 3.8) is 0 Å². The zero-order valence-corrected chi connectivity index (χ0v) is 24.3. The number of nitrogens with zero attached hydrogens (tertiary/aromatic N) is 1. The maximum atomic E-state index is 10.5. The van der Waals surface area contributed by atoms with E-state index in [1.54, 1.807) is 0 Å². The van der Waals surface area contributed by atoms with Gasteiger partial charge in [0.2, 0.25) is 0 Å². The van der Waals surface area contributed by atoms with Gasteiger partial charge in [-0.1, -0.05) is 32.4 Å². The Bertz CT molecular complexity index is 982. The molecule has 2 aliphatic heterocycles. The number of fused-ring (bicyclic) bond motifs is 5. The average Bonchev–Trinajstić information content (AvgIpc) is 3.51. The van der Waals surface area contributed by atoms with Crippen LogP contribution in [0.1, 0.15) is 91.9 Å². The van der Waals surface area contributed by atoms with E-state index in [2.05, 4.69) is 33.8 Å². The molecule has 6 rings (SSSR count). The molecule has 3 saturated carbocycles. The third-order valence-electron chi connectivity index (χ3n) is 12.7. The zero-order chi connectivity index (χ0) is 27.7. The molecule has 220 valence electrons. The second-order valence-electron chi connectivity index (χ2n) is 14.5. The maximum Gasteiger partial charge on any atom is 0.186 e. The molecule has 0 aromatic carbocycles. The fraction of sp³-hybridized carbons (Fsp3) is 0.906. The number of hydrogen-bond acceptors (Lipinski definition) is 7. The van der Waals surface area contributed by atoms with Crippen LogP contribution in [-0.4, -0.2) is 75.6 Å². The van der Waals surface area contributed by atoms with E-state index >= 15 is 0 Å². The first-order chi connectivity index (χ1) is 18.6. The van der Waals surface area contributed by atoms with Gasteiger partial charge in [0.05, 0.1) is 18.8 Å². The third kappa shape index (κ3) is 4.58. The molecule has 6 aliphatic rings. The number of aliphatic hydroxyl groups is 4. The van der Waals surface area contributed by atoms with Crippen LogP contribution in [-0.2, 0) is 9.47 Å². The molecular formula is C32H51NO6. The van der Waals surface area contributed by atoms with Crippen molar-refractivity contribution in [1.82, 2.24) is 0 Å². The minimum absolute atomic E-state index is 0.108. The van der Waals surface area contributed by atoms with Gasteiger partial charge in [-0.3, -0.25) is 4.99 Å². The van der Waals surface area contributed by atoms with E-state index in [1.165, 1.54) is 49.8 Å². The normalized spacial score (nSPS) is 52.4. The molecule has 0 aromatic heterocycles. The predicted molar refractivity (Wildman–Crippen MR) is 149 cm³/mol. The van der Waals surface area contributed by atoms with Crippen LogP contribution in [0.2, 0.25) is 0 Å². The summed E-state index contributed by atoms with van der Waals surface area (Å²) in [5, 5.41) is 40.3. The lowest BCUT2D eigenvalue weighted by Crippen LogP contribution is -2.60. The number of hydrogen-bond donors (Lipinski definition) is 4. The molecule has 0 aromatic rings. The minimum atomic E-state index is -1.40. The van der Waals surface area contributed by atoms with E-state index in [4.69, 9.17) is 14.5 Å². The Kier molecular flexibility index (Phi) is 7.59. The SMILES string of the molecule is CC1=N[C@H]([C@@H](C)[C@H]2CC[C@@H]3[C@H]4CC=C5C[C@@H](O[C@H]6O[C@@H](CO)[C@H](O)[C@@H](O)[C@@H]6O)CC[C@]5(C)[C@@H]4CC[C@]23C)CC1. The number of aliphatic imine (C=N–C) groups is 1. The zero-order valence-electron chi connectivity index (χ0n) is 24.3. The average molecular weight is 546 g/mol. The van der Waals surface area contributed by atoms with Gasteiger partial charge in [-0.05, 0) is 112 Å². The van der Waals surface area contributed by atoms with Crippen LogP contribution in [0.15, 0.2) is 16.6 Å². The number of ether oxygens (including phenoxy) is 2. The molecule has 14 atom stereocenters. The molecule has 0 unspecified atom stereocenters. The van der Waals surface area contributed by atoms with Crippen molar-refractivity contribution in [2.75, 3.05) is 6.61 Å². The summed E-state index contributed by atoms with van der Waals surface area (Å²) in [7, 11) is 0. The molecule has 0 amide bonds. The summed E-state index contributed by atoms with van der Waals surface area (Å²) in [6, 6.07) is 0.526. The molecule has 2 heterocycles. The summed E-state index contributed by atoms with van der Waals surface area (Å²) in [6.45, 7) is 9.38. The topological polar surface area (TPSA) is 112 Å². The highest BCUT2D eigenvalue weighted by molar-refractivity contribution is 5.83. The molecule has 4 aliphatic carbocycles. The summed E-state index contributed by atoms with van der Waals surface area (Å²) in [6.07, 6.45) is 8.03. The van der Waals surface area contributed by atoms with Crippen molar-refractivity contribution in [3.8, 4) is 0 Å². The fourth-order valence-electron chi connectivity index (χ4n) is 10.4. The van der Waals surface area contributed by atoms with Gasteiger partial charge in [-0.25, -0.2) is 0 Å². The molecular weight excluding hydrogens is 494 g/mol. The molecule has 1 saturated heterocycles. The highest BCUT2D eigenvalue weighted by Gasteiger charge is 2.60. The molecule has 4 fully saturated rings. The Morgan fingerprint density at radius 3 is 2.54 bits per heavy atom. The van der Waals surface area contributed by atoms with E-state index in [0.717, 1.165) is 43.4 Å². The Morgan fingerprint density at radius 1 is 1.03 bits per heavy atom. The first kappa shape index (κ1) is 28.3. The van der Waals surface area contributed by atoms with Crippen molar-refractivity contribution >= 4 is 5.71 Å². The van der Waals surface area contributed by atoms with Gasteiger partial charge < -0.3 is 29.9 Å². The highest BCUT2D eigenvalue weighted by Crippen LogP contribution is 2.67. The van der Waals surface area contributed by atoms with Gasteiger partial charge in [-0.15, -0.1) is 0 Å². The third-order valence-corrected chi connectivity index (χ3v) is 12.7. The predicted octanol–water partition coefficient (Wildman–Crippen LogP) is 4.01. The van der Waals surface area contributed by atoms with Gasteiger partial charge >= 0.3 is 0 Å². The van der Waals surface area contributed by atoms with Gasteiger partial charge in [-0.2, -0.15) is 0 Å². The second-order valence-corrected chi connectivity index (χ2v) is 14.5. The van der Waals surface area contributed by atoms with Crippen LogP contribution in [0.4, 0.5) is 0 Å². The standard InChI is InChI=1S/C32H51NO6/c1-17-5-10-25(33-17)18(2)22-8-9-23-21-7-6-19-15-20(11-13-31(19,3)24(21)12-14-32(22,23)4)38-30-29(37)28(36)27(35)26(16-34)39-30/h6,18,20-30,34-37H,5,7-16H2,1-4H3/t18-,20-,21+,22+,23+,24+,25-,26-,27-,28+,29-,30-,31-,32+/m0/s1. The Labute approximate surface area is 234 Å². The Balaban J connectivity index is 1.14. The summed E-state index contributed by atoms with van der Waals surface area (Å²) in [4.78, 5) is 5.05. The van der Waals surface area contributed by atoms with Gasteiger partial charge in [0.25, 0.3) is 0 Å². The van der Waals surface area contributed by atoms with E-state index < -0.39 is 37.3 Å². The van der Waals surface area contributed by atoms with E-state index in [-0.39, 0.29) is 11.5 Å². The lowest BCUT2D eigenvalue weighted by molar-refractivity contribution is -0.313. The number of allylic oxidation sites excluding steroid dienone is 1. The van der Waals surface area contributed by atoms with Crippen LogP contribution >= 0.6 is 0 Å². The van der Waals surface area contributed by atoms with Crippen molar-refractivity contribution in [1.29, 1.82) is 0 Å². The van der Waals surface area contributed by atoms with Gasteiger partial charge in [0.1, 0.15) is 24.4 Å². The Morgan fingerprint density at radius 2 is 1.82 bits per heavy atom. The highest BCUT2D eigenvalue weighted by atomic mass is 16.7. The van der Waals surface area contributed by atoms with Crippen LogP contribution < -0.4 is 0 Å². The number of aliphatic hydroxyl groups excluding tert-OH is 4. The number of rotatable bonds is 5. The molecule has 0 bridgehead atoms. The minimum Gasteiger partial charge on any atom is -0.394 e. The fourth-order valence-corrected chi connectivity index (χ4v) is 10.4. The van der Waals surface area contributed by atoms with E-state index in [9.17, 15) is 20.4 Å². The maximum absolute atomic E-state index is 10.5. The monoisotopic (exact) mass is 545 g/mol. The van der Waals surface area contributed by atoms with E-state index in [1.807, 2.05) is 0 Å². The van der Waals surface area contributed by atoms with Gasteiger partial charge in [0.15, 0.2) is 6.29 Å². The summed E-state index contributed by atoms with van der Waals surface area (Å²) < 4.78 is 11.9. The molecule has 7 nitrogen and oxygen atoms in total.